The van der Waals surface area contributed by atoms with Crippen molar-refractivity contribution in [2.45, 2.75) is 38.7 Å². The van der Waals surface area contributed by atoms with Crippen LogP contribution in [-0.2, 0) is 12.8 Å². The number of rotatable bonds is 4. The van der Waals surface area contributed by atoms with Gasteiger partial charge in [0.05, 0.1) is 6.10 Å². The Bertz CT molecular complexity index is 351. The molecule has 0 bridgehead atoms. The van der Waals surface area contributed by atoms with Crippen LogP contribution in [0.15, 0.2) is 4.52 Å². The molecule has 0 spiro atoms. The van der Waals surface area contributed by atoms with Gasteiger partial charge in [-0.3, -0.25) is 0 Å². The molecule has 0 aliphatic carbocycles. The number of piperidine rings is 1. The van der Waals surface area contributed by atoms with Crippen molar-refractivity contribution >= 4 is 0 Å². The zero-order valence-electron chi connectivity index (χ0n) is 10.6. The minimum atomic E-state index is -0.415. The molecule has 1 saturated heterocycles. The molecule has 1 aliphatic heterocycles. The minimum absolute atomic E-state index is 0.415. The Morgan fingerprint density at radius 1 is 1.59 bits per heavy atom. The summed E-state index contributed by atoms with van der Waals surface area (Å²) in [5.41, 5.74) is 0. The summed E-state index contributed by atoms with van der Waals surface area (Å²) in [6.45, 7) is 4.02. The first kappa shape index (κ1) is 12.5. The highest BCUT2D eigenvalue weighted by atomic mass is 16.5. The van der Waals surface area contributed by atoms with Crippen molar-refractivity contribution in [3.63, 3.8) is 0 Å². The number of aromatic nitrogens is 2. The number of hydrogen-bond acceptors (Lipinski definition) is 5. The van der Waals surface area contributed by atoms with Gasteiger partial charge in [0.25, 0.3) is 0 Å². The molecule has 17 heavy (non-hydrogen) atoms. The van der Waals surface area contributed by atoms with E-state index in [1.54, 1.807) is 6.92 Å². The molecule has 2 heterocycles. The molecule has 0 saturated carbocycles. The second-order valence-electron chi connectivity index (χ2n) is 5.13. The maximum absolute atomic E-state index is 9.24. The van der Waals surface area contributed by atoms with E-state index in [0.29, 0.717) is 24.1 Å². The number of likely N-dealkylation sites (tertiary alicyclic amines) is 1. The molecule has 96 valence electrons. The van der Waals surface area contributed by atoms with Crippen LogP contribution in [0.5, 0.6) is 0 Å². The molecule has 2 rings (SSSR count). The summed E-state index contributed by atoms with van der Waals surface area (Å²) in [4.78, 5) is 6.66. The molecule has 1 aromatic rings. The Balaban J connectivity index is 1.87. The topological polar surface area (TPSA) is 62.4 Å². The van der Waals surface area contributed by atoms with Gasteiger partial charge in [-0.2, -0.15) is 4.98 Å². The summed E-state index contributed by atoms with van der Waals surface area (Å²) in [6, 6.07) is 0. The third-order valence-electron chi connectivity index (χ3n) is 3.17. The third kappa shape index (κ3) is 3.78. The molecular formula is C12H21N3O2. The first-order chi connectivity index (χ1) is 8.13. The predicted octanol–water partition coefficient (Wildman–Crippen LogP) is 0.877. The number of nitrogens with zero attached hydrogens (tertiary/aromatic N) is 3. The van der Waals surface area contributed by atoms with E-state index in [1.807, 2.05) is 0 Å². The minimum Gasteiger partial charge on any atom is -0.393 e. The van der Waals surface area contributed by atoms with E-state index in [2.05, 4.69) is 22.1 Å². The van der Waals surface area contributed by atoms with Gasteiger partial charge in [-0.05, 0) is 39.3 Å². The van der Waals surface area contributed by atoms with Gasteiger partial charge in [-0.15, -0.1) is 0 Å². The molecular weight excluding hydrogens is 218 g/mol. The molecule has 2 unspecified atom stereocenters. The maximum atomic E-state index is 9.24. The summed E-state index contributed by atoms with van der Waals surface area (Å²) < 4.78 is 5.21. The zero-order valence-corrected chi connectivity index (χ0v) is 10.6. The normalized spacial score (nSPS) is 23.8. The van der Waals surface area contributed by atoms with Crippen LogP contribution in [-0.4, -0.2) is 46.4 Å². The van der Waals surface area contributed by atoms with E-state index in [0.717, 1.165) is 13.0 Å². The van der Waals surface area contributed by atoms with Crippen LogP contribution in [0.3, 0.4) is 0 Å². The van der Waals surface area contributed by atoms with Crippen LogP contribution in [0, 0.1) is 5.92 Å². The zero-order chi connectivity index (χ0) is 12.3. The van der Waals surface area contributed by atoms with Gasteiger partial charge in [0.2, 0.25) is 5.89 Å². The smallest absolute Gasteiger partial charge is 0.226 e. The lowest BCUT2D eigenvalue weighted by molar-refractivity contribution is 0.191. The Morgan fingerprint density at radius 3 is 3.12 bits per heavy atom. The van der Waals surface area contributed by atoms with Gasteiger partial charge in [0.1, 0.15) is 0 Å². The molecule has 1 N–H and O–H groups in total. The molecule has 5 nitrogen and oxygen atoms in total. The molecule has 0 aromatic carbocycles. The number of aliphatic hydroxyl groups is 1. The Labute approximate surface area is 102 Å². The summed E-state index contributed by atoms with van der Waals surface area (Å²) in [5, 5.41) is 13.1. The molecule has 5 heteroatoms. The molecule has 1 aromatic heterocycles. The third-order valence-corrected chi connectivity index (χ3v) is 3.17. The Hall–Kier alpha value is -0.940. The fourth-order valence-corrected chi connectivity index (χ4v) is 2.41. The molecule has 0 amide bonds. The maximum Gasteiger partial charge on any atom is 0.226 e. The lowest BCUT2D eigenvalue weighted by Crippen LogP contribution is -2.33. The van der Waals surface area contributed by atoms with Crippen LogP contribution in [0.2, 0.25) is 0 Å². The lowest BCUT2D eigenvalue weighted by atomic mass is 9.95. The Kier molecular flexibility index (Phi) is 4.12. The van der Waals surface area contributed by atoms with Gasteiger partial charge < -0.3 is 14.5 Å². The average Bonchev–Trinajstić information content (AvgIpc) is 2.64. The quantitative estimate of drug-likeness (QED) is 0.845. The fourth-order valence-electron chi connectivity index (χ4n) is 2.41. The standard InChI is InChI=1S/C12H21N3O2/c1-9(16)6-11-13-12(17-14-11)7-10-4-3-5-15(2)8-10/h9-10,16H,3-8H2,1-2H3. The largest absolute Gasteiger partial charge is 0.393 e. The predicted molar refractivity (Wildman–Crippen MR) is 63.6 cm³/mol. The first-order valence-corrected chi connectivity index (χ1v) is 6.31. The summed E-state index contributed by atoms with van der Waals surface area (Å²) in [5.74, 6) is 1.94. The second kappa shape index (κ2) is 5.60. The lowest BCUT2D eigenvalue weighted by Gasteiger charge is -2.28. The van der Waals surface area contributed by atoms with Crippen molar-refractivity contribution in [1.82, 2.24) is 15.0 Å². The number of aliphatic hydroxyl groups excluding tert-OH is 1. The van der Waals surface area contributed by atoms with Gasteiger partial charge in [-0.25, -0.2) is 0 Å². The van der Waals surface area contributed by atoms with Crippen LogP contribution in [0.4, 0.5) is 0 Å². The van der Waals surface area contributed by atoms with Crippen molar-refractivity contribution in [2.75, 3.05) is 20.1 Å². The van der Waals surface area contributed by atoms with Gasteiger partial charge >= 0.3 is 0 Å². The van der Waals surface area contributed by atoms with E-state index >= 15 is 0 Å². The SMILES string of the molecule is CC(O)Cc1noc(CC2CCCN(C)C2)n1. The average molecular weight is 239 g/mol. The Morgan fingerprint density at radius 2 is 2.41 bits per heavy atom. The van der Waals surface area contributed by atoms with E-state index in [1.165, 1.54) is 19.4 Å². The highest BCUT2D eigenvalue weighted by molar-refractivity contribution is 4.90. The summed E-state index contributed by atoms with van der Waals surface area (Å²) in [6.07, 6.45) is 3.39. The van der Waals surface area contributed by atoms with Crippen LogP contribution in [0.1, 0.15) is 31.5 Å². The summed E-state index contributed by atoms with van der Waals surface area (Å²) >= 11 is 0. The highest BCUT2D eigenvalue weighted by Crippen LogP contribution is 2.19. The van der Waals surface area contributed by atoms with E-state index < -0.39 is 6.10 Å². The van der Waals surface area contributed by atoms with Crippen molar-refractivity contribution in [2.24, 2.45) is 5.92 Å². The van der Waals surface area contributed by atoms with Crippen molar-refractivity contribution in [3.05, 3.63) is 11.7 Å². The van der Waals surface area contributed by atoms with E-state index in [9.17, 15) is 5.11 Å². The van der Waals surface area contributed by atoms with Crippen LogP contribution >= 0.6 is 0 Å². The van der Waals surface area contributed by atoms with Crippen LogP contribution in [0.25, 0.3) is 0 Å². The van der Waals surface area contributed by atoms with Crippen molar-refractivity contribution < 1.29 is 9.63 Å². The van der Waals surface area contributed by atoms with E-state index in [4.69, 9.17) is 4.52 Å². The van der Waals surface area contributed by atoms with Gasteiger partial charge in [0.15, 0.2) is 5.82 Å². The summed E-state index contributed by atoms with van der Waals surface area (Å²) in [7, 11) is 2.15. The molecule has 0 radical (unpaired) electrons. The molecule has 1 fully saturated rings. The second-order valence-corrected chi connectivity index (χ2v) is 5.13. The van der Waals surface area contributed by atoms with Crippen molar-refractivity contribution in [3.8, 4) is 0 Å². The monoisotopic (exact) mass is 239 g/mol. The highest BCUT2D eigenvalue weighted by Gasteiger charge is 2.20. The van der Waals surface area contributed by atoms with Gasteiger partial charge in [0, 0.05) is 19.4 Å². The van der Waals surface area contributed by atoms with Crippen LogP contribution < -0.4 is 0 Å². The number of hydrogen-bond donors (Lipinski definition) is 1. The molecule has 2 atom stereocenters. The first-order valence-electron chi connectivity index (χ1n) is 6.31. The fraction of sp³-hybridized carbons (Fsp3) is 0.833. The van der Waals surface area contributed by atoms with Crippen molar-refractivity contribution in [1.29, 1.82) is 0 Å². The molecule has 1 aliphatic rings. The van der Waals surface area contributed by atoms with E-state index in [-0.39, 0.29) is 0 Å². The van der Waals surface area contributed by atoms with Gasteiger partial charge in [-0.1, -0.05) is 5.16 Å².